The zero-order valence-electron chi connectivity index (χ0n) is 13.0. The molecular weight excluding hydrogens is 290 g/mol. The van der Waals surface area contributed by atoms with Crippen LogP contribution in [0.5, 0.6) is 0 Å². The van der Waals surface area contributed by atoms with E-state index in [2.05, 4.69) is 60.4 Å². The Labute approximate surface area is 137 Å². The average molecular weight is 312 g/mol. The molecule has 1 aliphatic heterocycles. The molecule has 22 heavy (non-hydrogen) atoms. The summed E-state index contributed by atoms with van der Waals surface area (Å²) in [5.74, 6) is 1.98. The van der Waals surface area contributed by atoms with Crippen molar-refractivity contribution in [1.82, 2.24) is 4.90 Å². The molecule has 2 aromatic rings. The Morgan fingerprint density at radius 3 is 2.68 bits per heavy atom. The van der Waals surface area contributed by atoms with E-state index in [4.69, 9.17) is 11.6 Å². The molecule has 0 aromatic heterocycles. The Morgan fingerprint density at radius 1 is 1.09 bits per heavy atom. The van der Waals surface area contributed by atoms with Crippen molar-refractivity contribution in [1.29, 1.82) is 0 Å². The molecule has 3 unspecified atom stereocenters. The van der Waals surface area contributed by atoms with E-state index in [1.165, 1.54) is 36.2 Å². The van der Waals surface area contributed by atoms with E-state index in [0.717, 1.165) is 17.5 Å². The number of benzene rings is 2. The summed E-state index contributed by atoms with van der Waals surface area (Å²) in [6.45, 7) is 5.89. The molecule has 1 nitrogen and oxygen atoms in total. The Kier molecular flexibility index (Phi) is 3.71. The van der Waals surface area contributed by atoms with Gasteiger partial charge in [-0.2, -0.15) is 0 Å². The molecule has 2 aromatic carbocycles. The first-order chi connectivity index (χ1) is 10.8. The van der Waals surface area contributed by atoms with Gasteiger partial charge in [0.15, 0.2) is 0 Å². The van der Waals surface area contributed by atoms with Crippen LogP contribution >= 0.6 is 11.6 Å². The summed E-state index contributed by atoms with van der Waals surface area (Å²) < 4.78 is 0. The van der Waals surface area contributed by atoms with E-state index in [-0.39, 0.29) is 0 Å². The van der Waals surface area contributed by atoms with E-state index in [9.17, 15) is 0 Å². The second-order valence-electron chi connectivity index (χ2n) is 6.71. The number of hydrogen-bond acceptors (Lipinski definition) is 1. The molecule has 0 amide bonds. The largest absolute Gasteiger partial charge is 0.303 e. The van der Waals surface area contributed by atoms with Crippen molar-refractivity contribution in [3.05, 3.63) is 70.2 Å². The Morgan fingerprint density at radius 2 is 1.91 bits per heavy atom. The number of halogens is 1. The Balaban J connectivity index is 1.82. The lowest BCUT2D eigenvalue weighted by Crippen LogP contribution is -2.29. The Bertz CT molecular complexity index is 667. The van der Waals surface area contributed by atoms with E-state index < -0.39 is 0 Å². The normalized spacial score (nSPS) is 27.5. The van der Waals surface area contributed by atoms with Gasteiger partial charge in [-0.1, -0.05) is 54.9 Å². The lowest BCUT2D eigenvalue weighted by molar-refractivity contribution is 0.334. The molecule has 1 heterocycles. The van der Waals surface area contributed by atoms with Crippen LogP contribution in [-0.2, 0) is 6.42 Å². The number of rotatable bonds is 2. The fraction of sp³-hybridized carbons (Fsp3) is 0.400. The minimum absolute atomic E-state index is 0.491. The molecule has 0 radical (unpaired) electrons. The van der Waals surface area contributed by atoms with E-state index in [1.807, 2.05) is 0 Å². The van der Waals surface area contributed by atoms with Crippen LogP contribution in [0.3, 0.4) is 0 Å². The number of likely N-dealkylation sites (tertiary alicyclic amines) is 1. The first-order valence-electron chi connectivity index (χ1n) is 8.32. The maximum absolute atomic E-state index is 6.32. The zero-order chi connectivity index (χ0) is 15.1. The monoisotopic (exact) mass is 311 g/mol. The molecule has 0 spiro atoms. The van der Waals surface area contributed by atoms with Crippen molar-refractivity contribution in [2.45, 2.75) is 19.3 Å². The highest BCUT2D eigenvalue weighted by atomic mass is 35.5. The fourth-order valence-electron chi connectivity index (χ4n) is 4.48. The van der Waals surface area contributed by atoms with Gasteiger partial charge in [-0.05, 0) is 53.6 Å². The first kappa shape index (κ1) is 14.3. The van der Waals surface area contributed by atoms with Crippen LogP contribution in [0, 0.1) is 11.8 Å². The molecule has 0 N–H and O–H groups in total. The average Bonchev–Trinajstić information content (AvgIpc) is 2.96. The minimum Gasteiger partial charge on any atom is -0.303 e. The molecule has 0 saturated carbocycles. The highest BCUT2D eigenvalue weighted by Crippen LogP contribution is 2.47. The Hall–Kier alpha value is -1.31. The maximum atomic E-state index is 6.32. The van der Waals surface area contributed by atoms with Gasteiger partial charge in [0.25, 0.3) is 0 Å². The van der Waals surface area contributed by atoms with Gasteiger partial charge in [0.05, 0.1) is 0 Å². The molecule has 2 aliphatic rings. The smallest absolute Gasteiger partial charge is 0.0409 e. The van der Waals surface area contributed by atoms with E-state index in [0.29, 0.717) is 11.8 Å². The van der Waals surface area contributed by atoms with Crippen molar-refractivity contribution >= 4 is 11.6 Å². The summed E-state index contributed by atoms with van der Waals surface area (Å²) in [4.78, 5) is 2.61. The summed E-state index contributed by atoms with van der Waals surface area (Å²) in [6.07, 6.45) is 1.21. The van der Waals surface area contributed by atoms with Crippen molar-refractivity contribution < 1.29 is 0 Å². The zero-order valence-corrected chi connectivity index (χ0v) is 13.8. The quantitative estimate of drug-likeness (QED) is 0.783. The molecule has 1 aliphatic carbocycles. The van der Waals surface area contributed by atoms with Gasteiger partial charge in [-0.15, -0.1) is 0 Å². The number of hydrogen-bond donors (Lipinski definition) is 0. The van der Waals surface area contributed by atoms with Crippen LogP contribution < -0.4 is 0 Å². The fourth-order valence-corrected chi connectivity index (χ4v) is 4.66. The van der Waals surface area contributed by atoms with Gasteiger partial charge < -0.3 is 4.90 Å². The van der Waals surface area contributed by atoms with Gasteiger partial charge in [0, 0.05) is 24.0 Å². The van der Waals surface area contributed by atoms with Crippen LogP contribution in [0.2, 0.25) is 5.02 Å². The molecule has 114 valence electrons. The summed E-state index contributed by atoms with van der Waals surface area (Å²) >= 11 is 6.32. The van der Waals surface area contributed by atoms with E-state index in [1.54, 1.807) is 0 Å². The van der Waals surface area contributed by atoms with Gasteiger partial charge >= 0.3 is 0 Å². The van der Waals surface area contributed by atoms with Crippen LogP contribution in [0.1, 0.15) is 29.5 Å². The molecule has 1 fully saturated rings. The molecule has 3 atom stereocenters. The lowest BCUT2D eigenvalue weighted by atomic mass is 9.68. The number of nitrogens with zero attached hydrogens (tertiary/aromatic N) is 1. The highest BCUT2D eigenvalue weighted by Gasteiger charge is 2.42. The molecule has 1 saturated heterocycles. The van der Waals surface area contributed by atoms with Crippen LogP contribution in [-0.4, -0.2) is 24.5 Å². The minimum atomic E-state index is 0.491. The molecule has 2 heteroatoms. The third-order valence-corrected chi connectivity index (χ3v) is 5.76. The summed E-state index contributed by atoms with van der Waals surface area (Å²) in [6, 6.07) is 17.5. The van der Waals surface area contributed by atoms with Crippen LogP contribution in [0.15, 0.2) is 48.5 Å². The van der Waals surface area contributed by atoms with Crippen molar-refractivity contribution in [3.63, 3.8) is 0 Å². The summed E-state index contributed by atoms with van der Waals surface area (Å²) in [7, 11) is 0. The SMILES string of the molecule is CCN1CC2Cc3ccc(Cl)cc3C(c3ccccc3)C2C1. The molecular formula is C20H22ClN. The molecule has 0 bridgehead atoms. The van der Waals surface area contributed by atoms with Crippen molar-refractivity contribution in [2.24, 2.45) is 11.8 Å². The maximum Gasteiger partial charge on any atom is 0.0409 e. The third-order valence-electron chi connectivity index (χ3n) is 5.53. The predicted molar refractivity (Wildman–Crippen MR) is 92.5 cm³/mol. The second kappa shape index (κ2) is 5.72. The van der Waals surface area contributed by atoms with Crippen molar-refractivity contribution in [2.75, 3.05) is 19.6 Å². The van der Waals surface area contributed by atoms with Crippen molar-refractivity contribution in [3.8, 4) is 0 Å². The van der Waals surface area contributed by atoms with Crippen LogP contribution in [0.4, 0.5) is 0 Å². The summed E-state index contributed by atoms with van der Waals surface area (Å²) in [5.41, 5.74) is 4.40. The van der Waals surface area contributed by atoms with Gasteiger partial charge in [0.2, 0.25) is 0 Å². The predicted octanol–water partition coefficient (Wildman–Crippen LogP) is 4.60. The topological polar surface area (TPSA) is 3.24 Å². The lowest BCUT2D eigenvalue weighted by Gasteiger charge is -2.36. The number of fused-ring (bicyclic) bond motifs is 2. The van der Waals surface area contributed by atoms with E-state index >= 15 is 0 Å². The highest BCUT2D eigenvalue weighted by molar-refractivity contribution is 6.30. The van der Waals surface area contributed by atoms with Gasteiger partial charge in [0.1, 0.15) is 0 Å². The third kappa shape index (κ3) is 2.37. The first-order valence-corrected chi connectivity index (χ1v) is 8.69. The van der Waals surface area contributed by atoms with Gasteiger partial charge in [-0.3, -0.25) is 0 Å². The van der Waals surface area contributed by atoms with Crippen LogP contribution in [0.25, 0.3) is 0 Å². The van der Waals surface area contributed by atoms with Gasteiger partial charge in [-0.25, -0.2) is 0 Å². The molecule has 4 rings (SSSR count). The summed E-state index contributed by atoms with van der Waals surface area (Å²) in [5, 5.41) is 0.864. The second-order valence-corrected chi connectivity index (χ2v) is 7.15. The standard InChI is InChI=1S/C20H22ClN/c1-2-22-12-16-10-15-8-9-17(21)11-18(15)20(19(16)13-22)14-6-4-3-5-7-14/h3-9,11,16,19-20H,2,10,12-13H2,1H3.